The molecule has 4 aromatic rings. The summed E-state index contributed by atoms with van der Waals surface area (Å²) in [7, 11) is 0. The second-order valence-electron chi connectivity index (χ2n) is 9.05. The molecule has 1 aliphatic heterocycles. The lowest BCUT2D eigenvalue weighted by atomic mass is 10.1. The maximum Gasteiger partial charge on any atom is 0.341 e. The number of fused-ring (bicyclic) bond motifs is 2. The monoisotopic (exact) mass is 531 g/mol. The van der Waals surface area contributed by atoms with Crippen molar-refractivity contribution in [1.29, 1.82) is 0 Å². The maximum atomic E-state index is 13.5. The Kier molecular flexibility index (Phi) is 7.03. The zero-order chi connectivity index (χ0) is 27.7. The van der Waals surface area contributed by atoms with E-state index in [9.17, 15) is 24.5 Å². The first-order valence-corrected chi connectivity index (χ1v) is 12.5. The molecule has 1 aromatic carbocycles. The van der Waals surface area contributed by atoms with Gasteiger partial charge in [-0.25, -0.2) is 9.78 Å². The topological polar surface area (TPSA) is 147 Å². The normalized spacial score (nSPS) is 15.6. The molecule has 5 rings (SSSR count). The molecular weight excluding hydrogens is 506 g/mol. The Bertz CT molecular complexity index is 1770. The van der Waals surface area contributed by atoms with Crippen molar-refractivity contribution in [2.24, 2.45) is 4.99 Å². The summed E-state index contributed by atoms with van der Waals surface area (Å²) in [5.41, 5.74) is -0.0720. The number of carbonyl (C=O) groups is 2. The van der Waals surface area contributed by atoms with Gasteiger partial charge in [0.2, 0.25) is 0 Å². The van der Waals surface area contributed by atoms with E-state index in [4.69, 9.17) is 9.47 Å². The zero-order valence-electron chi connectivity index (χ0n) is 21.3. The maximum absolute atomic E-state index is 13.5. The molecule has 0 bridgehead atoms. The van der Waals surface area contributed by atoms with Crippen molar-refractivity contribution in [2.75, 3.05) is 13.2 Å². The smallest absolute Gasteiger partial charge is 0.341 e. The minimum Gasteiger partial charge on any atom is -0.462 e. The summed E-state index contributed by atoms with van der Waals surface area (Å²) in [4.78, 5) is 59.9. The molecule has 3 aromatic heterocycles. The number of ether oxygens (including phenoxy) is 2. The van der Waals surface area contributed by atoms with Crippen LogP contribution in [0.25, 0.3) is 16.7 Å². The number of nitrogens with zero attached hydrogens (tertiary/aromatic N) is 5. The number of carbonyl (C=O) groups excluding carboxylic acids is 2. The van der Waals surface area contributed by atoms with Crippen molar-refractivity contribution in [3.63, 3.8) is 0 Å². The largest absolute Gasteiger partial charge is 0.462 e. The molecule has 0 spiro atoms. The molecule has 0 saturated carbocycles. The number of hydrogen-bond acceptors (Lipinski definition) is 8. The van der Waals surface area contributed by atoms with Gasteiger partial charge in [0, 0.05) is 24.4 Å². The minimum atomic E-state index is -0.792. The van der Waals surface area contributed by atoms with Gasteiger partial charge >= 0.3 is 5.97 Å². The molecule has 39 heavy (non-hydrogen) atoms. The molecular formula is C27H25N5O7. The predicted octanol–water partition coefficient (Wildman–Crippen LogP) is 2.96. The molecule has 12 heteroatoms. The fourth-order valence-corrected chi connectivity index (χ4v) is 4.73. The first-order chi connectivity index (χ1) is 18.8. The Hall–Kier alpha value is -4.71. The van der Waals surface area contributed by atoms with E-state index in [-0.39, 0.29) is 58.2 Å². The molecule has 0 unspecified atom stereocenters. The number of pyridine rings is 2. The van der Waals surface area contributed by atoms with Gasteiger partial charge in [-0.15, -0.1) is 0 Å². The van der Waals surface area contributed by atoms with Crippen molar-refractivity contribution < 1.29 is 24.0 Å². The fraction of sp³-hybridized carbons (Fsp3) is 0.296. The first-order valence-electron chi connectivity index (χ1n) is 12.5. The fourth-order valence-electron chi connectivity index (χ4n) is 4.73. The Morgan fingerprint density at radius 1 is 1.23 bits per heavy atom. The Labute approximate surface area is 221 Å². The van der Waals surface area contributed by atoms with E-state index in [1.807, 2.05) is 0 Å². The molecule has 0 radical (unpaired) electrons. The van der Waals surface area contributed by atoms with Crippen LogP contribution < -0.4 is 11.0 Å². The van der Waals surface area contributed by atoms with Crippen molar-refractivity contribution in [1.82, 2.24) is 14.0 Å². The van der Waals surface area contributed by atoms with Gasteiger partial charge in [0.1, 0.15) is 16.9 Å². The van der Waals surface area contributed by atoms with Crippen LogP contribution in [0.15, 0.2) is 58.4 Å². The predicted molar refractivity (Wildman–Crippen MR) is 140 cm³/mol. The molecule has 0 N–H and O–H groups in total. The van der Waals surface area contributed by atoms with Crippen molar-refractivity contribution in [3.8, 4) is 0 Å². The standard InChI is InChI=1S/C27H25N5O7/c1-3-38-27(35)20-14-19-23(28-22-11-4-5-12-30(22)26(19)34)31(15-17-8-7-13-39-17)24(20)29-25(33)18-9-6-10-21(16(18)2)32(36)37/h4-6,9-12,14,17H,3,7-8,13,15H2,1-2H3/t17-/m1/s1. The molecule has 200 valence electrons. The third-order valence-electron chi connectivity index (χ3n) is 6.64. The highest BCUT2D eigenvalue weighted by atomic mass is 16.6. The molecule has 1 saturated heterocycles. The second-order valence-corrected chi connectivity index (χ2v) is 9.05. The third kappa shape index (κ3) is 4.81. The quantitative estimate of drug-likeness (QED) is 0.160. The summed E-state index contributed by atoms with van der Waals surface area (Å²) in [6.07, 6.45) is 2.86. The number of nitro groups is 1. The van der Waals surface area contributed by atoms with Gasteiger partial charge in [-0.1, -0.05) is 12.1 Å². The van der Waals surface area contributed by atoms with Crippen molar-refractivity contribution >= 4 is 34.2 Å². The van der Waals surface area contributed by atoms with E-state index in [1.165, 1.54) is 40.2 Å². The van der Waals surface area contributed by atoms with Crippen LogP contribution in [0.4, 0.5) is 5.69 Å². The van der Waals surface area contributed by atoms with Gasteiger partial charge in [-0.05, 0) is 51.0 Å². The average molecular weight is 532 g/mol. The Morgan fingerprint density at radius 2 is 2.05 bits per heavy atom. The molecule has 12 nitrogen and oxygen atoms in total. The lowest BCUT2D eigenvalue weighted by Gasteiger charge is -2.18. The number of amides is 1. The van der Waals surface area contributed by atoms with E-state index in [1.54, 1.807) is 31.3 Å². The van der Waals surface area contributed by atoms with Crippen LogP contribution in [-0.2, 0) is 16.0 Å². The molecule has 1 atom stereocenters. The summed E-state index contributed by atoms with van der Waals surface area (Å²) in [5.74, 6) is -1.57. The Morgan fingerprint density at radius 3 is 2.77 bits per heavy atom. The molecule has 4 heterocycles. The second kappa shape index (κ2) is 10.6. The highest BCUT2D eigenvalue weighted by Crippen LogP contribution is 2.22. The van der Waals surface area contributed by atoms with Gasteiger partial charge in [0.25, 0.3) is 17.2 Å². The van der Waals surface area contributed by atoms with Crippen LogP contribution in [-0.4, -0.2) is 50.1 Å². The first kappa shape index (κ1) is 25.9. The lowest BCUT2D eigenvalue weighted by molar-refractivity contribution is -0.385. The van der Waals surface area contributed by atoms with Crippen LogP contribution >= 0.6 is 0 Å². The number of rotatable bonds is 6. The third-order valence-corrected chi connectivity index (χ3v) is 6.64. The van der Waals surface area contributed by atoms with E-state index in [0.717, 1.165) is 12.8 Å². The average Bonchev–Trinajstić information content (AvgIpc) is 3.43. The van der Waals surface area contributed by atoms with E-state index < -0.39 is 22.4 Å². The number of nitro benzene ring substituents is 1. The van der Waals surface area contributed by atoms with Gasteiger partial charge in [-0.3, -0.25) is 24.1 Å². The van der Waals surface area contributed by atoms with E-state index in [2.05, 4.69) is 9.98 Å². The van der Waals surface area contributed by atoms with Gasteiger partial charge in [0.15, 0.2) is 5.49 Å². The molecule has 1 fully saturated rings. The van der Waals surface area contributed by atoms with Crippen LogP contribution in [0.2, 0.25) is 0 Å². The number of hydrogen-bond donors (Lipinski definition) is 0. The highest BCUT2D eigenvalue weighted by Gasteiger charge is 2.25. The molecule has 1 amide bonds. The van der Waals surface area contributed by atoms with Crippen LogP contribution in [0.5, 0.6) is 0 Å². The molecule has 0 aliphatic carbocycles. The molecule has 1 aliphatic rings. The summed E-state index contributed by atoms with van der Waals surface area (Å²) >= 11 is 0. The van der Waals surface area contributed by atoms with Gasteiger partial charge in [0.05, 0.1) is 35.1 Å². The van der Waals surface area contributed by atoms with Crippen LogP contribution in [0.1, 0.15) is 46.0 Å². The SMILES string of the molecule is CCOC(=O)c1cc2c(=O)n3ccccc3nc2n(C[C@H]2CCCO2)c1=NC(=O)c1cccc([N+](=O)[O-])c1C. The number of benzene rings is 1. The van der Waals surface area contributed by atoms with E-state index in [0.29, 0.717) is 12.3 Å². The summed E-state index contributed by atoms with van der Waals surface area (Å²) < 4.78 is 14.0. The van der Waals surface area contributed by atoms with Crippen LogP contribution in [0, 0.1) is 17.0 Å². The summed E-state index contributed by atoms with van der Waals surface area (Å²) in [6.45, 7) is 3.87. The zero-order valence-corrected chi connectivity index (χ0v) is 21.3. The van der Waals surface area contributed by atoms with Gasteiger partial charge in [-0.2, -0.15) is 4.99 Å². The van der Waals surface area contributed by atoms with Crippen LogP contribution in [0.3, 0.4) is 0 Å². The summed E-state index contributed by atoms with van der Waals surface area (Å²) in [6, 6.07) is 10.6. The Balaban J connectivity index is 1.86. The minimum absolute atomic E-state index is 0.00862. The van der Waals surface area contributed by atoms with Gasteiger partial charge < -0.3 is 14.0 Å². The number of esters is 1. The van der Waals surface area contributed by atoms with Crippen molar-refractivity contribution in [3.05, 3.63) is 91.3 Å². The summed E-state index contributed by atoms with van der Waals surface area (Å²) in [5, 5.41) is 11.6. The highest BCUT2D eigenvalue weighted by molar-refractivity contribution is 5.98. The van der Waals surface area contributed by atoms with E-state index >= 15 is 0 Å². The lowest BCUT2D eigenvalue weighted by Crippen LogP contribution is -2.35. The van der Waals surface area contributed by atoms with Crippen molar-refractivity contribution in [2.45, 2.75) is 39.3 Å². The number of aromatic nitrogens is 3.